The van der Waals surface area contributed by atoms with E-state index in [0.29, 0.717) is 24.9 Å². The summed E-state index contributed by atoms with van der Waals surface area (Å²) >= 11 is 1.60. The van der Waals surface area contributed by atoms with Gasteiger partial charge in [0.2, 0.25) is 5.89 Å². The summed E-state index contributed by atoms with van der Waals surface area (Å²) < 4.78 is 10.9. The Bertz CT molecular complexity index is 833. The molecular weight excluding hydrogens is 463 g/mol. The zero-order valence-electron chi connectivity index (χ0n) is 14.6. The Morgan fingerprint density at radius 1 is 1.19 bits per heavy atom. The molecule has 8 heteroatoms. The Morgan fingerprint density at radius 2 is 2.00 bits per heavy atom. The average Bonchev–Trinajstić information content (AvgIpc) is 3.33. The van der Waals surface area contributed by atoms with E-state index in [4.69, 9.17) is 9.15 Å². The number of nitrogens with one attached hydrogen (secondary N) is 2. The molecule has 2 aromatic heterocycles. The molecule has 3 rings (SSSR count). The van der Waals surface area contributed by atoms with Crippen LogP contribution in [0, 0.1) is 0 Å². The number of nitrogens with zero attached hydrogens (tertiary/aromatic N) is 2. The second kappa shape index (κ2) is 10.2. The summed E-state index contributed by atoms with van der Waals surface area (Å²) in [5.41, 5.74) is 1.89. The van der Waals surface area contributed by atoms with Crippen molar-refractivity contribution in [3.8, 4) is 16.5 Å². The van der Waals surface area contributed by atoms with Gasteiger partial charge < -0.3 is 19.8 Å². The third kappa shape index (κ3) is 5.21. The smallest absolute Gasteiger partial charge is 0.236 e. The lowest BCUT2D eigenvalue weighted by Gasteiger charge is -2.13. The number of hydrogen-bond donors (Lipinski definition) is 2. The van der Waals surface area contributed by atoms with Gasteiger partial charge in [-0.2, -0.15) is 0 Å². The number of thiophene rings is 1. The summed E-state index contributed by atoms with van der Waals surface area (Å²) in [6.07, 6.45) is 1.66. The van der Waals surface area contributed by atoms with E-state index in [-0.39, 0.29) is 24.0 Å². The maximum atomic E-state index is 5.52. The molecule has 0 unspecified atom stereocenters. The minimum Gasteiger partial charge on any atom is -0.496 e. The molecule has 2 heterocycles. The van der Waals surface area contributed by atoms with Gasteiger partial charge in [-0.15, -0.1) is 35.3 Å². The van der Waals surface area contributed by atoms with Gasteiger partial charge >= 0.3 is 0 Å². The number of oxazole rings is 1. The number of ether oxygens (including phenoxy) is 1. The first-order chi connectivity index (χ1) is 12.3. The number of aliphatic imine (C=N–C) groups is 1. The van der Waals surface area contributed by atoms with Crippen LogP contribution in [0.4, 0.5) is 0 Å². The van der Waals surface area contributed by atoms with Crippen molar-refractivity contribution in [1.29, 1.82) is 0 Å². The molecule has 0 radical (unpaired) electrons. The first-order valence-corrected chi connectivity index (χ1v) is 8.73. The number of para-hydroxylation sites is 1. The summed E-state index contributed by atoms with van der Waals surface area (Å²) in [5, 5.41) is 8.50. The van der Waals surface area contributed by atoms with Crippen LogP contribution in [0.1, 0.15) is 11.3 Å². The van der Waals surface area contributed by atoms with Gasteiger partial charge in [-0.1, -0.05) is 24.3 Å². The number of hydrogen-bond acceptors (Lipinski definition) is 5. The molecule has 0 saturated heterocycles. The quantitative estimate of drug-likeness (QED) is 0.316. The van der Waals surface area contributed by atoms with E-state index in [1.54, 1.807) is 31.8 Å². The molecule has 0 aliphatic rings. The third-order valence-corrected chi connectivity index (χ3v) is 4.44. The van der Waals surface area contributed by atoms with Crippen LogP contribution in [-0.2, 0) is 13.1 Å². The molecule has 0 spiro atoms. The molecule has 1 aromatic carbocycles. The molecule has 0 fully saturated rings. The van der Waals surface area contributed by atoms with E-state index in [2.05, 4.69) is 20.6 Å². The lowest BCUT2D eigenvalue weighted by molar-refractivity contribution is 0.409. The van der Waals surface area contributed by atoms with E-state index in [0.717, 1.165) is 21.9 Å². The van der Waals surface area contributed by atoms with Crippen LogP contribution < -0.4 is 15.4 Å². The molecule has 0 aliphatic heterocycles. The molecule has 0 bridgehead atoms. The fourth-order valence-corrected chi connectivity index (χ4v) is 2.98. The summed E-state index contributed by atoms with van der Waals surface area (Å²) in [6, 6.07) is 11.9. The van der Waals surface area contributed by atoms with Crippen molar-refractivity contribution < 1.29 is 9.15 Å². The number of aromatic nitrogens is 1. The minimum atomic E-state index is 0. The first-order valence-electron chi connectivity index (χ1n) is 7.85. The highest BCUT2D eigenvalue weighted by Crippen LogP contribution is 2.23. The van der Waals surface area contributed by atoms with Crippen LogP contribution in [0.5, 0.6) is 5.75 Å². The Morgan fingerprint density at radius 3 is 2.73 bits per heavy atom. The van der Waals surface area contributed by atoms with E-state index in [1.807, 2.05) is 41.8 Å². The largest absolute Gasteiger partial charge is 0.496 e. The second-order valence-corrected chi connectivity index (χ2v) is 6.16. The van der Waals surface area contributed by atoms with Crippen molar-refractivity contribution in [3.05, 3.63) is 59.3 Å². The maximum absolute atomic E-state index is 5.52. The van der Waals surface area contributed by atoms with E-state index < -0.39 is 0 Å². The molecular formula is C18H21IN4O2S. The molecule has 0 aliphatic carbocycles. The van der Waals surface area contributed by atoms with Crippen molar-refractivity contribution in [3.63, 3.8) is 0 Å². The lowest BCUT2D eigenvalue weighted by atomic mass is 10.2. The van der Waals surface area contributed by atoms with Crippen LogP contribution in [-0.4, -0.2) is 25.1 Å². The molecule has 138 valence electrons. The predicted octanol–water partition coefficient (Wildman–Crippen LogP) is 3.89. The van der Waals surface area contributed by atoms with Gasteiger partial charge in [-0.05, 0) is 17.5 Å². The normalized spacial score (nSPS) is 10.9. The Kier molecular flexibility index (Phi) is 7.92. The highest BCUT2D eigenvalue weighted by atomic mass is 127. The number of methoxy groups -OCH3 is 1. The maximum Gasteiger partial charge on any atom is 0.236 e. The first kappa shape index (κ1) is 20.2. The molecule has 26 heavy (non-hydrogen) atoms. The Hall–Kier alpha value is -2.07. The number of guanidine groups is 1. The van der Waals surface area contributed by atoms with Crippen molar-refractivity contribution in [2.24, 2.45) is 4.99 Å². The van der Waals surface area contributed by atoms with Gasteiger partial charge in [0.05, 0.1) is 24.2 Å². The summed E-state index contributed by atoms with van der Waals surface area (Å²) in [7, 11) is 3.40. The highest BCUT2D eigenvalue weighted by molar-refractivity contribution is 14.0. The van der Waals surface area contributed by atoms with Gasteiger partial charge in [0.15, 0.2) is 5.96 Å². The van der Waals surface area contributed by atoms with Gasteiger partial charge in [-0.3, -0.25) is 4.99 Å². The fourth-order valence-electron chi connectivity index (χ4n) is 2.32. The van der Waals surface area contributed by atoms with Crippen molar-refractivity contribution >= 4 is 41.3 Å². The van der Waals surface area contributed by atoms with Crippen LogP contribution in [0.15, 0.2) is 57.5 Å². The molecule has 0 atom stereocenters. The molecule has 0 saturated carbocycles. The molecule has 6 nitrogen and oxygen atoms in total. The van der Waals surface area contributed by atoms with Crippen molar-refractivity contribution in [1.82, 2.24) is 15.6 Å². The van der Waals surface area contributed by atoms with E-state index in [1.165, 1.54) is 0 Å². The van der Waals surface area contributed by atoms with Crippen LogP contribution in [0.2, 0.25) is 0 Å². The molecule has 2 N–H and O–H groups in total. The second-order valence-electron chi connectivity index (χ2n) is 5.21. The van der Waals surface area contributed by atoms with Gasteiger partial charge in [0, 0.05) is 19.2 Å². The van der Waals surface area contributed by atoms with Crippen molar-refractivity contribution in [2.75, 3.05) is 14.2 Å². The lowest BCUT2D eigenvalue weighted by Crippen LogP contribution is -2.36. The van der Waals surface area contributed by atoms with Gasteiger partial charge in [0.25, 0.3) is 0 Å². The number of halogens is 1. The van der Waals surface area contributed by atoms with Gasteiger partial charge in [-0.25, -0.2) is 4.98 Å². The molecule has 3 aromatic rings. The van der Waals surface area contributed by atoms with Crippen LogP contribution in [0.25, 0.3) is 10.8 Å². The monoisotopic (exact) mass is 484 g/mol. The third-order valence-electron chi connectivity index (χ3n) is 3.58. The number of rotatable bonds is 6. The fraction of sp³-hybridized carbons (Fsp3) is 0.222. The van der Waals surface area contributed by atoms with Crippen molar-refractivity contribution in [2.45, 2.75) is 13.1 Å². The van der Waals surface area contributed by atoms with Gasteiger partial charge in [0.1, 0.15) is 12.0 Å². The average molecular weight is 484 g/mol. The topological polar surface area (TPSA) is 71.7 Å². The standard InChI is InChI=1S/C18H20N4O2S.HI/c1-19-18(20-10-13-6-3-4-7-15(13)23-2)21-11-14-12-24-17(22-14)16-8-5-9-25-16;/h3-9,12H,10-11H2,1-2H3,(H2,19,20,21);1H. The zero-order chi connectivity index (χ0) is 17.5. The number of benzene rings is 1. The highest BCUT2D eigenvalue weighted by Gasteiger charge is 2.08. The predicted molar refractivity (Wildman–Crippen MR) is 115 cm³/mol. The summed E-state index contributed by atoms with van der Waals surface area (Å²) in [5.74, 6) is 2.18. The van der Waals surface area contributed by atoms with E-state index in [9.17, 15) is 0 Å². The summed E-state index contributed by atoms with van der Waals surface area (Å²) in [6.45, 7) is 1.14. The van der Waals surface area contributed by atoms with Crippen LogP contribution in [0.3, 0.4) is 0 Å². The Balaban J connectivity index is 0.00000243. The zero-order valence-corrected chi connectivity index (χ0v) is 17.7. The van der Waals surface area contributed by atoms with Crippen LogP contribution >= 0.6 is 35.3 Å². The Labute approximate surface area is 173 Å². The molecule has 0 amide bonds. The van der Waals surface area contributed by atoms with E-state index >= 15 is 0 Å². The minimum absolute atomic E-state index is 0. The summed E-state index contributed by atoms with van der Waals surface area (Å²) in [4.78, 5) is 9.73. The SMILES string of the molecule is CN=C(NCc1coc(-c2cccs2)n1)NCc1ccccc1OC.I.